The van der Waals surface area contributed by atoms with Gasteiger partial charge in [-0.05, 0) is 48.9 Å². The van der Waals surface area contributed by atoms with Crippen molar-refractivity contribution >= 4 is 28.4 Å². The summed E-state index contributed by atoms with van der Waals surface area (Å²) >= 11 is 5.87. The number of aromatic amines is 1. The fourth-order valence-electron chi connectivity index (χ4n) is 2.31. The van der Waals surface area contributed by atoms with Crippen LogP contribution in [0.15, 0.2) is 54.7 Å². The van der Waals surface area contributed by atoms with Gasteiger partial charge < -0.3 is 10.3 Å². The number of hydrogen-bond donors (Lipinski definition) is 2. The summed E-state index contributed by atoms with van der Waals surface area (Å²) in [5.41, 5.74) is 2.70. The van der Waals surface area contributed by atoms with Gasteiger partial charge in [0.25, 0.3) is 5.91 Å². The van der Waals surface area contributed by atoms with E-state index in [1.54, 1.807) is 0 Å². The number of carbonyl (C=O) groups excluding carboxylic acids is 1. The molecule has 0 aliphatic rings. The quantitative estimate of drug-likeness (QED) is 0.743. The number of aromatic nitrogens is 1. The third-order valence-electron chi connectivity index (χ3n) is 3.53. The van der Waals surface area contributed by atoms with Crippen molar-refractivity contribution in [1.29, 1.82) is 0 Å². The van der Waals surface area contributed by atoms with Gasteiger partial charge in [0.05, 0.1) is 6.04 Å². The first-order chi connectivity index (χ1) is 10.1. The van der Waals surface area contributed by atoms with Crippen LogP contribution in [-0.4, -0.2) is 10.9 Å². The summed E-state index contributed by atoms with van der Waals surface area (Å²) in [5.74, 6) is -0.0828. The lowest BCUT2D eigenvalue weighted by molar-refractivity contribution is 0.0940. The van der Waals surface area contributed by atoms with Crippen molar-refractivity contribution in [2.24, 2.45) is 0 Å². The fourth-order valence-corrected chi connectivity index (χ4v) is 2.44. The fraction of sp³-hybridized carbons (Fsp3) is 0.118. The van der Waals surface area contributed by atoms with Crippen molar-refractivity contribution in [3.05, 3.63) is 70.9 Å². The van der Waals surface area contributed by atoms with E-state index in [-0.39, 0.29) is 11.9 Å². The zero-order chi connectivity index (χ0) is 14.8. The van der Waals surface area contributed by atoms with E-state index in [0.29, 0.717) is 10.6 Å². The minimum absolute atomic E-state index is 0.0725. The first-order valence-electron chi connectivity index (χ1n) is 6.77. The maximum absolute atomic E-state index is 12.3. The highest BCUT2D eigenvalue weighted by molar-refractivity contribution is 6.30. The smallest absolute Gasteiger partial charge is 0.251 e. The van der Waals surface area contributed by atoms with Gasteiger partial charge >= 0.3 is 0 Å². The number of carbonyl (C=O) groups is 1. The molecule has 0 fully saturated rings. The molecule has 106 valence electrons. The zero-order valence-electron chi connectivity index (χ0n) is 11.6. The molecule has 0 radical (unpaired) electrons. The van der Waals surface area contributed by atoms with Crippen LogP contribution in [0.4, 0.5) is 0 Å². The Bertz CT molecular complexity index is 777. The minimum atomic E-state index is -0.0828. The van der Waals surface area contributed by atoms with E-state index < -0.39 is 0 Å². The second-order valence-electron chi connectivity index (χ2n) is 5.03. The maximum Gasteiger partial charge on any atom is 0.251 e. The highest BCUT2D eigenvalue weighted by atomic mass is 35.5. The van der Waals surface area contributed by atoms with Gasteiger partial charge in [0, 0.05) is 27.7 Å². The summed E-state index contributed by atoms with van der Waals surface area (Å²) < 4.78 is 0. The third kappa shape index (κ3) is 2.93. The van der Waals surface area contributed by atoms with Crippen LogP contribution in [0.2, 0.25) is 5.02 Å². The molecule has 0 aliphatic carbocycles. The number of hydrogen-bond acceptors (Lipinski definition) is 1. The predicted molar refractivity (Wildman–Crippen MR) is 85.6 cm³/mol. The van der Waals surface area contributed by atoms with Gasteiger partial charge in [0.1, 0.15) is 0 Å². The number of amides is 1. The van der Waals surface area contributed by atoms with E-state index in [2.05, 4.69) is 10.3 Å². The van der Waals surface area contributed by atoms with Gasteiger partial charge in [0.2, 0.25) is 0 Å². The molecule has 2 N–H and O–H groups in total. The zero-order valence-corrected chi connectivity index (χ0v) is 12.3. The molecule has 3 nitrogen and oxygen atoms in total. The van der Waals surface area contributed by atoms with Crippen LogP contribution < -0.4 is 5.32 Å². The Kier molecular flexibility index (Phi) is 3.67. The lowest BCUT2D eigenvalue weighted by Gasteiger charge is -2.14. The molecule has 1 aromatic heterocycles. The Labute approximate surface area is 127 Å². The molecule has 1 heterocycles. The molecule has 3 aromatic rings. The summed E-state index contributed by atoms with van der Waals surface area (Å²) in [7, 11) is 0. The molecule has 0 saturated carbocycles. The number of nitrogens with one attached hydrogen (secondary N) is 2. The molecular formula is C17H15ClN2O. The van der Waals surface area contributed by atoms with Crippen molar-refractivity contribution in [1.82, 2.24) is 10.3 Å². The van der Waals surface area contributed by atoms with Crippen molar-refractivity contribution in [2.45, 2.75) is 13.0 Å². The van der Waals surface area contributed by atoms with Crippen molar-refractivity contribution < 1.29 is 4.79 Å². The Hall–Kier alpha value is -2.26. The van der Waals surface area contributed by atoms with Crippen LogP contribution in [0, 0.1) is 0 Å². The number of halogens is 1. The van der Waals surface area contributed by atoms with Crippen molar-refractivity contribution in [2.75, 3.05) is 0 Å². The summed E-state index contributed by atoms with van der Waals surface area (Å²) in [6, 6.07) is 15.0. The van der Waals surface area contributed by atoms with Crippen LogP contribution in [0.1, 0.15) is 28.9 Å². The number of benzene rings is 2. The number of rotatable bonds is 3. The largest absolute Gasteiger partial charge is 0.361 e. The van der Waals surface area contributed by atoms with E-state index in [1.165, 1.54) is 0 Å². The average Bonchev–Trinajstić information content (AvgIpc) is 2.95. The van der Waals surface area contributed by atoms with Gasteiger partial charge in [-0.15, -0.1) is 0 Å². The van der Waals surface area contributed by atoms with Crippen LogP contribution in [-0.2, 0) is 0 Å². The Balaban J connectivity index is 1.77. The Morgan fingerprint density at radius 2 is 1.90 bits per heavy atom. The number of H-pyrrole nitrogens is 1. The minimum Gasteiger partial charge on any atom is -0.361 e. The normalized spacial score (nSPS) is 12.3. The van der Waals surface area contributed by atoms with Gasteiger partial charge in [-0.3, -0.25) is 4.79 Å². The first kappa shape index (κ1) is 13.7. The highest BCUT2D eigenvalue weighted by Crippen LogP contribution is 2.18. The van der Waals surface area contributed by atoms with Gasteiger partial charge in [-0.25, -0.2) is 0 Å². The van der Waals surface area contributed by atoms with Gasteiger partial charge in [-0.2, -0.15) is 0 Å². The molecule has 3 rings (SSSR count). The lowest BCUT2D eigenvalue weighted by Crippen LogP contribution is -2.26. The first-order valence-corrected chi connectivity index (χ1v) is 7.15. The SMILES string of the molecule is CC(NC(=O)c1ccc2[nH]ccc2c1)c1ccc(Cl)cc1. The standard InChI is InChI=1S/C17H15ClN2O/c1-11(12-2-5-15(18)6-3-12)20-17(21)14-4-7-16-13(10-14)8-9-19-16/h2-11,19H,1H3,(H,20,21). The molecule has 0 spiro atoms. The molecule has 2 aromatic carbocycles. The molecule has 21 heavy (non-hydrogen) atoms. The third-order valence-corrected chi connectivity index (χ3v) is 3.79. The Morgan fingerprint density at radius 3 is 2.67 bits per heavy atom. The van der Waals surface area contributed by atoms with Crippen LogP contribution in [0.25, 0.3) is 10.9 Å². The van der Waals surface area contributed by atoms with Crippen LogP contribution in [0.5, 0.6) is 0 Å². The molecular weight excluding hydrogens is 284 g/mol. The lowest BCUT2D eigenvalue weighted by atomic mass is 10.1. The highest BCUT2D eigenvalue weighted by Gasteiger charge is 2.12. The molecule has 4 heteroatoms. The predicted octanol–water partition coefficient (Wildman–Crippen LogP) is 4.31. The molecule has 0 saturated heterocycles. The van der Waals surface area contributed by atoms with E-state index in [1.807, 2.05) is 61.7 Å². The monoisotopic (exact) mass is 298 g/mol. The molecule has 1 amide bonds. The molecule has 1 atom stereocenters. The molecule has 1 unspecified atom stereocenters. The summed E-state index contributed by atoms with van der Waals surface area (Å²) in [6.45, 7) is 1.95. The van der Waals surface area contributed by atoms with Gasteiger partial charge in [0.15, 0.2) is 0 Å². The van der Waals surface area contributed by atoms with E-state index in [4.69, 9.17) is 11.6 Å². The topological polar surface area (TPSA) is 44.9 Å². The van der Waals surface area contributed by atoms with Crippen LogP contribution >= 0.6 is 11.6 Å². The molecule has 0 bridgehead atoms. The van der Waals surface area contributed by atoms with E-state index in [9.17, 15) is 4.79 Å². The van der Waals surface area contributed by atoms with Crippen molar-refractivity contribution in [3.8, 4) is 0 Å². The maximum atomic E-state index is 12.3. The molecule has 0 aliphatic heterocycles. The average molecular weight is 299 g/mol. The van der Waals surface area contributed by atoms with Crippen LogP contribution in [0.3, 0.4) is 0 Å². The Morgan fingerprint density at radius 1 is 1.14 bits per heavy atom. The second-order valence-corrected chi connectivity index (χ2v) is 5.46. The van der Waals surface area contributed by atoms with Crippen molar-refractivity contribution in [3.63, 3.8) is 0 Å². The summed E-state index contributed by atoms with van der Waals surface area (Å²) in [4.78, 5) is 15.4. The summed E-state index contributed by atoms with van der Waals surface area (Å²) in [6.07, 6.45) is 1.86. The second kappa shape index (κ2) is 5.62. The summed E-state index contributed by atoms with van der Waals surface area (Å²) in [5, 5.41) is 4.72. The van der Waals surface area contributed by atoms with E-state index >= 15 is 0 Å². The number of fused-ring (bicyclic) bond motifs is 1. The van der Waals surface area contributed by atoms with Gasteiger partial charge in [-0.1, -0.05) is 23.7 Å². The van der Waals surface area contributed by atoms with E-state index in [0.717, 1.165) is 16.5 Å².